The average Bonchev–Trinajstić information content (AvgIpc) is 2.44. The van der Waals surface area contributed by atoms with E-state index in [4.69, 9.17) is 22.1 Å². The maximum Gasteiger partial charge on any atom is 0.329 e. The Morgan fingerprint density at radius 1 is 1.45 bits per heavy atom. The molecule has 0 atom stereocenters. The van der Waals surface area contributed by atoms with Gasteiger partial charge in [-0.1, -0.05) is 27.5 Å². The average molecular weight is 389 g/mol. The third-order valence-corrected chi connectivity index (χ3v) is 3.69. The monoisotopic (exact) mass is 387 g/mol. The maximum absolute atomic E-state index is 12.1. The van der Waals surface area contributed by atoms with Gasteiger partial charge in [-0.15, -0.1) is 0 Å². The molecule has 0 saturated carbocycles. The zero-order chi connectivity index (χ0) is 16.4. The number of ether oxygens (including phenoxy) is 1. The number of rotatable bonds is 4. The lowest BCUT2D eigenvalue weighted by Crippen LogP contribution is -2.36. The molecule has 1 aromatic carbocycles. The van der Waals surface area contributed by atoms with Gasteiger partial charge in [0.05, 0.1) is 5.02 Å². The molecule has 2 rings (SSSR count). The smallest absolute Gasteiger partial charge is 0.329 e. The van der Waals surface area contributed by atoms with Gasteiger partial charge in [-0.3, -0.25) is 19.1 Å². The van der Waals surface area contributed by atoms with E-state index in [1.165, 1.54) is 7.05 Å². The number of aromatic nitrogens is 2. The zero-order valence-electron chi connectivity index (χ0n) is 11.4. The third-order valence-electron chi connectivity index (χ3n) is 2.90. The van der Waals surface area contributed by atoms with Crippen molar-refractivity contribution in [2.75, 3.05) is 12.3 Å². The number of nitrogen functional groups attached to an aromatic ring is 1. The number of carbonyl (C=O) groups excluding carboxylic acids is 1. The Kier molecular flexibility index (Phi) is 4.72. The molecule has 2 aromatic rings. The van der Waals surface area contributed by atoms with Crippen molar-refractivity contribution >= 4 is 39.1 Å². The van der Waals surface area contributed by atoms with Crippen LogP contribution in [0.2, 0.25) is 5.02 Å². The Hall–Kier alpha value is -2.06. The summed E-state index contributed by atoms with van der Waals surface area (Å²) in [5, 5.41) is 0.310. The van der Waals surface area contributed by atoms with Gasteiger partial charge in [-0.25, -0.2) is 4.79 Å². The first-order valence-corrected chi connectivity index (χ1v) is 7.18. The van der Waals surface area contributed by atoms with E-state index < -0.39 is 23.6 Å². The lowest BCUT2D eigenvalue weighted by Gasteiger charge is -2.10. The number of nitrogens with two attached hydrogens (primary N) is 1. The fraction of sp³-hybridized carbons (Fsp3) is 0.154. The number of hydrogen-bond donors (Lipinski definition) is 2. The Bertz CT molecular complexity index is 859. The number of halogens is 2. The zero-order valence-corrected chi connectivity index (χ0v) is 13.7. The van der Waals surface area contributed by atoms with Gasteiger partial charge in [0.1, 0.15) is 17.1 Å². The minimum atomic E-state index is -0.851. The van der Waals surface area contributed by atoms with E-state index in [9.17, 15) is 14.4 Å². The standard InChI is InChI=1S/C13H11BrClN3O4/c1-18-11(16)10(12(20)17-13(18)21)8(19)5-22-9-3-2-6(14)4-7(9)15/h2-4H,5,16H2,1H3,(H,17,20,21). The van der Waals surface area contributed by atoms with E-state index in [1.54, 1.807) is 18.2 Å². The quantitative estimate of drug-likeness (QED) is 0.769. The van der Waals surface area contributed by atoms with Crippen LogP contribution in [-0.4, -0.2) is 21.9 Å². The molecule has 7 nitrogen and oxygen atoms in total. The van der Waals surface area contributed by atoms with Gasteiger partial charge in [0.15, 0.2) is 6.61 Å². The van der Waals surface area contributed by atoms with Crippen LogP contribution in [0.25, 0.3) is 0 Å². The van der Waals surface area contributed by atoms with Gasteiger partial charge >= 0.3 is 5.69 Å². The number of benzene rings is 1. The molecule has 0 saturated heterocycles. The second kappa shape index (κ2) is 6.37. The molecule has 1 heterocycles. The lowest BCUT2D eigenvalue weighted by atomic mass is 10.2. The summed E-state index contributed by atoms with van der Waals surface area (Å²) < 4.78 is 7.02. The number of ketones is 1. The van der Waals surface area contributed by atoms with Crippen LogP contribution in [0.3, 0.4) is 0 Å². The Balaban J connectivity index is 2.25. The van der Waals surface area contributed by atoms with Crippen LogP contribution in [0.15, 0.2) is 32.3 Å². The molecule has 0 fully saturated rings. The number of hydrogen-bond acceptors (Lipinski definition) is 5. The molecular formula is C13H11BrClN3O4. The van der Waals surface area contributed by atoms with E-state index >= 15 is 0 Å². The first kappa shape index (κ1) is 16.3. The number of anilines is 1. The Labute approximate surface area is 137 Å². The number of aromatic amines is 1. The van der Waals surface area contributed by atoms with Crippen LogP contribution in [0, 0.1) is 0 Å². The minimum absolute atomic E-state index is 0.218. The van der Waals surface area contributed by atoms with Crippen molar-refractivity contribution in [3.05, 3.63) is 54.1 Å². The summed E-state index contributed by atoms with van der Waals surface area (Å²) in [6.07, 6.45) is 0. The summed E-state index contributed by atoms with van der Waals surface area (Å²) in [5.74, 6) is -0.587. The van der Waals surface area contributed by atoms with Gasteiger partial charge in [-0.2, -0.15) is 0 Å². The van der Waals surface area contributed by atoms with Crippen LogP contribution >= 0.6 is 27.5 Å². The van der Waals surface area contributed by atoms with Crippen LogP contribution in [-0.2, 0) is 7.05 Å². The van der Waals surface area contributed by atoms with Gasteiger partial charge in [0.2, 0.25) is 5.78 Å². The fourth-order valence-corrected chi connectivity index (χ4v) is 2.44. The summed E-state index contributed by atoms with van der Waals surface area (Å²) in [7, 11) is 1.34. The van der Waals surface area contributed by atoms with Crippen LogP contribution in [0.4, 0.5) is 5.82 Å². The highest BCUT2D eigenvalue weighted by atomic mass is 79.9. The highest BCUT2D eigenvalue weighted by Gasteiger charge is 2.19. The summed E-state index contributed by atoms with van der Waals surface area (Å²) in [6.45, 7) is -0.438. The molecule has 116 valence electrons. The Morgan fingerprint density at radius 3 is 2.77 bits per heavy atom. The molecule has 0 radical (unpaired) electrons. The molecule has 9 heteroatoms. The minimum Gasteiger partial charge on any atom is -0.484 e. The maximum atomic E-state index is 12.1. The van der Waals surface area contributed by atoms with Crippen molar-refractivity contribution in [3.63, 3.8) is 0 Å². The summed E-state index contributed by atoms with van der Waals surface area (Å²) >= 11 is 9.21. The molecule has 0 aliphatic rings. The number of H-pyrrole nitrogens is 1. The van der Waals surface area contributed by atoms with Crippen molar-refractivity contribution in [1.29, 1.82) is 0 Å². The Morgan fingerprint density at radius 2 is 2.14 bits per heavy atom. The van der Waals surface area contributed by atoms with E-state index in [2.05, 4.69) is 15.9 Å². The second-order valence-corrected chi connectivity index (χ2v) is 5.69. The van der Waals surface area contributed by atoms with E-state index in [0.717, 1.165) is 9.04 Å². The molecule has 0 amide bonds. The predicted octanol–water partition coefficient (Wildman–Crippen LogP) is 1.33. The van der Waals surface area contributed by atoms with Gasteiger partial charge in [-0.05, 0) is 18.2 Å². The first-order valence-electron chi connectivity index (χ1n) is 6.01. The van der Waals surface area contributed by atoms with E-state index in [-0.39, 0.29) is 17.1 Å². The van der Waals surface area contributed by atoms with Crippen molar-refractivity contribution in [2.24, 2.45) is 7.05 Å². The number of nitrogens with one attached hydrogen (secondary N) is 1. The van der Waals surface area contributed by atoms with Crippen molar-refractivity contribution in [2.45, 2.75) is 0 Å². The summed E-state index contributed by atoms with van der Waals surface area (Å²) in [6, 6.07) is 4.88. The number of Topliss-reactive ketones (excluding diaryl/α,β-unsaturated/α-hetero) is 1. The molecule has 22 heavy (non-hydrogen) atoms. The fourth-order valence-electron chi connectivity index (χ4n) is 1.71. The highest BCUT2D eigenvalue weighted by Crippen LogP contribution is 2.27. The first-order chi connectivity index (χ1) is 10.3. The van der Waals surface area contributed by atoms with Crippen molar-refractivity contribution < 1.29 is 9.53 Å². The largest absolute Gasteiger partial charge is 0.484 e. The van der Waals surface area contributed by atoms with E-state index in [1.807, 2.05) is 4.98 Å². The molecule has 0 unspecified atom stereocenters. The van der Waals surface area contributed by atoms with Gasteiger partial charge < -0.3 is 10.5 Å². The molecule has 3 N–H and O–H groups in total. The normalized spacial score (nSPS) is 10.5. The molecule has 0 bridgehead atoms. The predicted molar refractivity (Wildman–Crippen MR) is 85.7 cm³/mol. The molecule has 0 aliphatic heterocycles. The summed E-state index contributed by atoms with van der Waals surface area (Å²) in [4.78, 5) is 37.2. The number of carbonyl (C=O) groups is 1. The summed E-state index contributed by atoms with van der Waals surface area (Å²) in [5.41, 5.74) is 3.77. The van der Waals surface area contributed by atoms with Gasteiger partial charge in [0, 0.05) is 11.5 Å². The number of nitrogens with zero attached hydrogens (tertiary/aromatic N) is 1. The van der Waals surface area contributed by atoms with Crippen molar-refractivity contribution in [1.82, 2.24) is 9.55 Å². The molecule has 0 aliphatic carbocycles. The third kappa shape index (κ3) is 3.23. The van der Waals surface area contributed by atoms with E-state index in [0.29, 0.717) is 5.02 Å². The van der Waals surface area contributed by atoms with Gasteiger partial charge in [0.25, 0.3) is 5.56 Å². The van der Waals surface area contributed by atoms with Crippen molar-refractivity contribution in [3.8, 4) is 5.75 Å². The van der Waals surface area contributed by atoms with Crippen LogP contribution in [0.5, 0.6) is 5.75 Å². The molecule has 0 spiro atoms. The molecule has 1 aromatic heterocycles. The SMILES string of the molecule is Cn1c(N)c(C(=O)COc2ccc(Br)cc2Cl)c(=O)[nH]c1=O. The van der Waals surface area contributed by atoms with Crippen LogP contribution < -0.4 is 21.7 Å². The topological polar surface area (TPSA) is 107 Å². The highest BCUT2D eigenvalue weighted by molar-refractivity contribution is 9.10. The second-order valence-electron chi connectivity index (χ2n) is 4.37. The van der Waals surface area contributed by atoms with Crippen LogP contribution in [0.1, 0.15) is 10.4 Å². The molecular weight excluding hydrogens is 378 g/mol. The lowest BCUT2D eigenvalue weighted by molar-refractivity contribution is 0.0920.